The molecule has 1 aliphatic rings. The summed E-state index contributed by atoms with van der Waals surface area (Å²) in [6.07, 6.45) is 2.85. The first-order valence-corrected chi connectivity index (χ1v) is 7.88. The minimum absolute atomic E-state index is 0. The maximum absolute atomic E-state index is 12.3. The van der Waals surface area contributed by atoms with Gasteiger partial charge in [-0.2, -0.15) is 0 Å². The summed E-state index contributed by atoms with van der Waals surface area (Å²) in [5.74, 6) is 0.393. The van der Waals surface area contributed by atoms with Gasteiger partial charge >= 0.3 is 0 Å². The lowest BCUT2D eigenvalue weighted by atomic mass is 9.85. The van der Waals surface area contributed by atoms with Crippen LogP contribution in [0.3, 0.4) is 0 Å². The third-order valence-corrected chi connectivity index (χ3v) is 4.44. The Morgan fingerprint density at radius 1 is 1.43 bits per heavy atom. The van der Waals surface area contributed by atoms with E-state index in [1.54, 1.807) is 18.2 Å². The molecule has 2 atom stereocenters. The molecule has 5 nitrogen and oxygen atoms in total. The zero-order valence-corrected chi connectivity index (χ0v) is 14.5. The number of nitrogens with two attached hydrogens (primary N) is 1. The molecule has 1 aromatic carbocycles. The quantitative estimate of drug-likeness (QED) is 0.770. The number of hydrogen-bond acceptors (Lipinski definition) is 3. The molecule has 1 fully saturated rings. The summed E-state index contributed by atoms with van der Waals surface area (Å²) in [5.41, 5.74) is 7.27. The van der Waals surface area contributed by atoms with E-state index in [1.807, 2.05) is 6.92 Å². The number of carbonyl (C=O) groups is 2. The third-order valence-electron chi connectivity index (χ3n) is 4.44. The lowest BCUT2D eigenvalue weighted by Gasteiger charge is -2.28. The van der Waals surface area contributed by atoms with Crippen LogP contribution in [0.1, 0.15) is 42.1 Å². The zero-order chi connectivity index (χ0) is 16.1. The number of anilines is 1. The SMILES string of the molecule is Cc1ccc(C(N)=O)cc1NC(=O)CC(C)C1CCCNC1.Cl. The molecule has 2 amide bonds. The van der Waals surface area contributed by atoms with Crippen molar-refractivity contribution in [2.75, 3.05) is 18.4 Å². The Kier molecular flexibility index (Phi) is 7.52. The number of piperidine rings is 1. The van der Waals surface area contributed by atoms with Gasteiger partial charge in [0.15, 0.2) is 0 Å². The summed E-state index contributed by atoms with van der Waals surface area (Å²) in [7, 11) is 0. The number of nitrogens with one attached hydrogen (secondary N) is 2. The Bertz CT molecular complexity index is 557. The molecule has 0 saturated carbocycles. The number of primary amides is 1. The third kappa shape index (κ3) is 5.52. The van der Waals surface area contributed by atoms with Crippen LogP contribution >= 0.6 is 12.4 Å². The highest BCUT2D eigenvalue weighted by Gasteiger charge is 2.22. The molecule has 1 heterocycles. The van der Waals surface area contributed by atoms with Crippen LogP contribution in [0.4, 0.5) is 5.69 Å². The number of amides is 2. The molecule has 4 N–H and O–H groups in total. The molecule has 1 saturated heterocycles. The molecular weight excluding hydrogens is 314 g/mol. The van der Waals surface area contributed by atoms with Crippen LogP contribution in [0.25, 0.3) is 0 Å². The highest BCUT2D eigenvalue weighted by molar-refractivity contribution is 5.97. The predicted molar refractivity (Wildman–Crippen MR) is 94.9 cm³/mol. The van der Waals surface area contributed by atoms with E-state index in [0.717, 1.165) is 18.7 Å². The van der Waals surface area contributed by atoms with Crippen LogP contribution in [0.5, 0.6) is 0 Å². The van der Waals surface area contributed by atoms with E-state index < -0.39 is 5.91 Å². The molecule has 23 heavy (non-hydrogen) atoms. The molecule has 0 bridgehead atoms. The summed E-state index contributed by atoms with van der Waals surface area (Å²) < 4.78 is 0. The van der Waals surface area contributed by atoms with Crippen molar-refractivity contribution in [3.63, 3.8) is 0 Å². The van der Waals surface area contributed by atoms with Crippen LogP contribution in [-0.4, -0.2) is 24.9 Å². The van der Waals surface area contributed by atoms with Crippen molar-refractivity contribution in [3.05, 3.63) is 29.3 Å². The highest BCUT2D eigenvalue weighted by atomic mass is 35.5. The fourth-order valence-electron chi connectivity index (χ4n) is 2.93. The first kappa shape index (κ1) is 19.5. The minimum atomic E-state index is -0.489. The lowest BCUT2D eigenvalue weighted by Crippen LogP contribution is -2.34. The molecule has 0 aromatic heterocycles. The van der Waals surface area contributed by atoms with Gasteiger partial charge in [0, 0.05) is 17.7 Å². The topological polar surface area (TPSA) is 84.2 Å². The Morgan fingerprint density at radius 2 is 2.17 bits per heavy atom. The van der Waals surface area contributed by atoms with E-state index in [-0.39, 0.29) is 18.3 Å². The standard InChI is InChI=1S/C17H25N3O2.ClH/c1-11-5-6-13(17(18)22)9-15(11)20-16(21)8-12(2)14-4-3-7-19-10-14;/h5-6,9,12,14,19H,3-4,7-8,10H2,1-2H3,(H2,18,22)(H,20,21);1H. The predicted octanol–water partition coefficient (Wildman–Crippen LogP) is 2.48. The lowest BCUT2D eigenvalue weighted by molar-refractivity contribution is -0.117. The first-order valence-electron chi connectivity index (χ1n) is 7.88. The number of hydrogen-bond donors (Lipinski definition) is 3. The molecule has 2 rings (SSSR count). The second-order valence-corrected chi connectivity index (χ2v) is 6.23. The summed E-state index contributed by atoms with van der Waals surface area (Å²) in [4.78, 5) is 23.5. The zero-order valence-electron chi connectivity index (χ0n) is 13.7. The average molecular weight is 340 g/mol. The smallest absolute Gasteiger partial charge is 0.248 e. The second kappa shape index (κ2) is 8.89. The second-order valence-electron chi connectivity index (χ2n) is 6.23. The fraction of sp³-hybridized carbons (Fsp3) is 0.529. The summed E-state index contributed by atoms with van der Waals surface area (Å²) >= 11 is 0. The normalized spacial score (nSPS) is 18.6. The van der Waals surface area contributed by atoms with Gasteiger partial charge in [-0.05, 0) is 62.4 Å². The van der Waals surface area contributed by atoms with Crippen molar-refractivity contribution < 1.29 is 9.59 Å². The van der Waals surface area contributed by atoms with Crippen LogP contribution in [0.2, 0.25) is 0 Å². The molecule has 6 heteroatoms. The summed E-state index contributed by atoms with van der Waals surface area (Å²) in [6.45, 7) is 6.10. The molecule has 0 spiro atoms. The van der Waals surface area contributed by atoms with E-state index in [4.69, 9.17) is 5.73 Å². The van der Waals surface area contributed by atoms with Crippen LogP contribution < -0.4 is 16.4 Å². The van der Waals surface area contributed by atoms with Crippen molar-refractivity contribution in [3.8, 4) is 0 Å². The Morgan fingerprint density at radius 3 is 2.78 bits per heavy atom. The molecule has 0 aliphatic carbocycles. The number of carbonyl (C=O) groups excluding carboxylic acids is 2. The number of aryl methyl sites for hydroxylation is 1. The number of halogens is 1. The molecule has 1 aromatic rings. The van der Waals surface area contributed by atoms with Gasteiger partial charge in [-0.3, -0.25) is 9.59 Å². The van der Waals surface area contributed by atoms with E-state index in [1.165, 1.54) is 12.8 Å². The number of benzene rings is 1. The maximum atomic E-state index is 12.3. The molecule has 2 unspecified atom stereocenters. The monoisotopic (exact) mass is 339 g/mol. The van der Waals surface area contributed by atoms with E-state index >= 15 is 0 Å². The Labute approximate surface area is 143 Å². The first-order chi connectivity index (χ1) is 10.5. The average Bonchev–Trinajstić information content (AvgIpc) is 2.50. The van der Waals surface area contributed by atoms with Gasteiger partial charge in [0.2, 0.25) is 11.8 Å². The van der Waals surface area contributed by atoms with Gasteiger partial charge in [-0.15, -0.1) is 12.4 Å². The largest absolute Gasteiger partial charge is 0.366 e. The van der Waals surface area contributed by atoms with Gasteiger partial charge in [0.25, 0.3) is 0 Å². The number of rotatable bonds is 5. The van der Waals surface area contributed by atoms with Crippen molar-refractivity contribution in [1.29, 1.82) is 0 Å². The molecular formula is C17H26ClN3O2. The summed E-state index contributed by atoms with van der Waals surface area (Å²) in [5, 5.41) is 6.29. The van der Waals surface area contributed by atoms with Crippen LogP contribution in [0, 0.1) is 18.8 Å². The Balaban J connectivity index is 0.00000264. The summed E-state index contributed by atoms with van der Waals surface area (Å²) in [6, 6.07) is 5.11. The maximum Gasteiger partial charge on any atom is 0.248 e. The van der Waals surface area contributed by atoms with E-state index in [0.29, 0.717) is 29.5 Å². The van der Waals surface area contributed by atoms with Crippen molar-refractivity contribution >= 4 is 29.9 Å². The molecule has 128 valence electrons. The van der Waals surface area contributed by atoms with E-state index in [2.05, 4.69) is 17.6 Å². The van der Waals surface area contributed by atoms with Gasteiger partial charge in [0.1, 0.15) is 0 Å². The van der Waals surface area contributed by atoms with Crippen molar-refractivity contribution in [1.82, 2.24) is 5.32 Å². The molecule has 0 radical (unpaired) electrons. The van der Waals surface area contributed by atoms with Crippen molar-refractivity contribution in [2.45, 2.75) is 33.1 Å². The van der Waals surface area contributed by atoms with Gasteiger partial charge < -0.3 is 16.4 Å². The minimum Gasteiger partial charge on any atom is -0.366 e. The fourth-order valence-corrected chi connectivity index (χ4v) is 2.93. The van der Waals surface area contributed by atoms with Crippen LogP contribution in [-0.2, 0) is 4.79 Å². The van der Waals surface area contributed by atoms with Gasteiger partial charge in [-0.1, -0.05) is 13.0 Å². The Hall–Kier alpha value is -1.59. The van der Waals surface area contributed by atoms with Crippen LogP contribution in [0.15, 0.2) is 18.2 Å². The van der Waals surface area contributed by atoms with Gasteiger partial charge in [-0.25, -0.2) is 0 Å². The van der Waals surface area contributed by atoms with Crippen molar-refractivity contribution in [2.24, 2.45) is 17.6 Å². The molecule has 1 aliphatic heterocycles. The van der Waals surface area contributed by atoms with E-state index in [9.17, 15) is 9.59 Å². The highest BCUT2D eigenvalue weighted by Crippen LogP contribution is 2.24. The van der Waals surface area contributed by atoms with Gasteiger partial charge in [0.05, 0.1) is 0 Å².